The molecule has 0 fully saturated rings. The fourth-order valence-electron chi connectivity index (χ4n) is 2.23. The lowest BCUT2D eigenvalue weighted by Crippen LogP contribution is -2.18. The van der Waals surface area contributed by atoms with Crippen molar-refractivity contribution in [2.24, 2.45) is 0 Å². The van der Waals surface area contributed by atoms with Gasteiger partial charge in [0.1, 0.15) is 5.01 Å². The summed E-state index contributed by atoms with van der Waals surface area (Å²) in [5.41, 5.74) is 2.87. The summed E-state index contributed by atoms with van der Waals surface area (Å²) < 4.78 is 1.22. The van der Waals surface area contributed by atoms with Gasteiger partial charge in [-0.05, 0) is 36.8 Å². The fourth-order valence-corrected chi connectivity index (χ4v) is 3.15. The molecule has 0 aliphatic carbocycles. The van der Waals surface area contributed by atoms with Crippen LogP contribution in [0, 0.1) is 11.3 Å². The van der Waals surface area contributed by atoms with Gasteiger partial charge in [0.05, 0.1) is 21.8 Å². The zero-order chi connectivity index (χ0) is 14.7. The van der Waals surface area contributed by atoms with Crippen LogP contribution in [0.2, 0.25) is 0 Å². The average Bonchev–Trinajstić information content (AvgIpc) is 2.95. The van der Waals surface area contributed by atoms with Gasteiger partial charge < -0.3 is 5.32 Å². The molecular weight excluding hydrogens is 278 g/mol. The van der Waals surface area contributed by atoms with Crippen LogP contribution >= 0.6 is 11.3 Å². The summed E-state index contributed by atoms with van der Waals surface area (Å²) in [6, 6.07) is 18.2. The van der Waals surface area contributed by atoms with Crippen molar-refractivity contribution in [1.29, 1.82) is 5.26 Å². The Balaban J connectivity index is 1.70. The van der Waals surface area contributed by atoms with Crippen molar-refractivity contribution in [2.45, 2.75) is 19.5 Å². The van der Waals surface area contributed by atoms with Crippen LogP contribution in [0.1, 0.15) is 29.1 Å². The predicted octanol–water partition coefficient (Wildman–Crippen LogP) is 4.02. The molecular formula is C17H15N3S. The second kappa shape index (κ2) is 6.04. The molecule has 0 saturated carbocycles. The average molecular weight is 293 g/mol. The van der Waals surface area contributed by atoms with E-state index in [2.05, 4.69) is 29.4 Å². The molecule has 3 nitrogen and oxygen atoms in total. The van der Waals surface area contributed by atoms with E-state index >= 15 is 0 Å². The number of fused-ring (bicyclic) bond motifs is 1. The number of hydrogen-bond acceptors (Lipinski definition) is 4. The van der Waals surface area contributed by atoms with E-state index < -0.39 is 0 Å². The van der Waals surface area contributed by atoms with Crippen LogP contribution in [0.15, 0.2) is 48.5 Å². The lowest BCUT2D eigenvalue weighted by atomic mass is 10.1. The SMILES string of the molecule is CC(NCc1nc2ccccc2s1)c1cccc(C#N)c1. The third kappa shape index (κ3) is 3.10. The highest BCUT2D eigenvalue weighted by Gasteiger charge is 2.08. The van der Waals surface area contributed by atoms with Crippen molar-refractivity contribution < 1.29 is 0 Å². The van der Waals surface area contributed by atoms with Crippen LogP contribution in [-0.2, 0) is 6.54 Å². The van der Waals surface area contributed by atoms with Crippen LogP contribution in [0.3, 0.4) is 0 Å². The Bertz CT molecular complexity index is 768. The van der Waals surface area contributed by atoms with Gasteiger partial charge in [-0.3, -0.25) is 0 Å². The molecule has 2 aromatic carbocycles. The summed E-state index contributed by atoms with van der Waals surface area (Å²) >= 11 is 1.72. The number of thiazole rings is 1. The van der Waals surface area contributed by atoms with Crippen molar-refractivity contribution in [3.05, 3.63) is 64.7 Å². The Hall–Kier alpha value is -2.22. The van der Waals surface area contributed by atoms with Crippen molar-refractivity contribution >= 4 is 21.6 Å². The molecule has 104 valence electrons. The van der Waals surface area contributed by atoms with Gasteiger partial charge in [-0.2, -0.15) is 5.26 Å². The summed E-state index contributed by atoms with van der Waals surface area (Å²) in [7, 11) is 0. The third-order valence-corrected chi connectivity index (χ3v) is 4.45. The normalized spacial score (nSPS) is 12.2. The maximum atomic E-state index is 8.95. The molecule has 4 heteroatoms. The molecule has 0 spiro atoms. The monoisotopic (exact) mass is 293 g/mol. The number of nitrogens with zero attached hydrogens (tertiary/aromatic N) is 2. The molecule has 0 aliphatic heterocycles. The molecule has 0 radical (unpaired) electrons. The van der Waals surface area contributed by atoms with Crippen LogP contribution in [0.5, 0.6) is 0 Å². The number of nitrogens with one attached hydrogen (secondary N) is 1. The summed E-state index contributed by atoms with van der Waals surface area (Å²) in [5, 5.41) is 13.5. The number of nitriles is 1. The lowest BCUT2D eigenvalue weighted by molar-refractivity contribution is 0.573. The minimum Gasteiger partial charge on any atom is -0.304 e. The third-order valence-electron chi connectivity index (χ3n) is 3.41. The molecule has 0 aliphatic rings. The molecule has 0 amide bonds. The molecule has 1 heterocycles. The van der Waals surface area contributed by atoms with Gasteiger partial charge >= 0.3 is 0 Å². The first-order valence-corrected chi connectivity index (χ1v) is 7.66. The van der Waals surface area contributed by atoms with Gasteiger partial charge in [0, 0.05) is 12.6 Å². The van der Waals surface area contributed by atoms with Gasteiger partial charge in [-0.15, -0.1) is 11.3 Å². The lowest BCUT2D eigenvalue weighted by Gasteiger charge is -2.13. The second-order valence-corrected chi connectivity index (χ2v) is 6.03. The Kier molecular flexibility index (Phi) is 3.96. The fraction of sp³-hybridized carbons (Fsp3) is 0.176. The van der Waals surface area contributed by atoms with E-state index in [0.717, 1.165) is 22.6 Å². The Labute approximate surface area is 127 Å². The summed E-state index contributed by atoms with van der Waals surface area (Å²) in [6.07, 6.45) is 0. The molecule has 3 rings (SSSR count). The maximum absolute atomic E-state index is 8.95. The van der Waals surface area contributed by atoms with E-state index in [1.54, 1.807) is 11.3 Å². The van der Waals surface area contributed by atoms with Crippen LogP contribution in [0.4, 0.5) is 0 Å². The highest BCUT2D eigenvalue weighted by Crippen LogP contribution is 2.22. The summed E-state index contributed by atoms with van der Waals surface area (Å²) in [6.45, 7) is 2.83. The molecule has 0 saturated heterocycles. The van der Waals surface area contributed by atoms with Crippen molar-refractivity contribution in [3.8, 4) is 6.07 Å². The topological polar surface area (TPSA) is 48.7 Å². The first-order chi connectivity index (χ1) is 10.3. The number of rotatable bonds is 4. The first-order valence-electron chi connectivity index (χ1n) is 6.84. The Morgan fingerprint density at radius 1 is 1.24 bits per heavy atom. The van der Waals surface area contributed by atoms with Crippen LogP contribution in [-0.4, -0.2) is 4.98 Å². The van der Waals surface area contributed by atoms with Crippen LogP contribution in [0.25, 0.3) is 10.2 Å². The highest BCUT2D eigenvalue weighted by molar-refractivity contribution is 7.18. The highest BCUT2D eigenvalue weighted by atomic mass is 32.1. The molecule has 3 aromatic rings. The smallest absolute Gasteiger partial charge is 0.108 e. The number of hydrogen-bond donors (Lipinski definition) is 1. The van der Waals surface area contributed by atoms with E-state index in [9.17, 15) is 0 Å². The van der Waals surface area contributed by atoms with E-state index in [-0.39, 0.29) is 6.04 Å². The van der Waals surface area contributed by atoms with Gasteiger partial charge in [0.2, 0.25) is 0 Å². The second-order valence-electron chi connectivity index (χ2n) is 4.92. The van der Waals surface area contributed by atoms with Gasteiger partial charge in [0.15, 0.2) is 0 Å². The minimum absolute atomic E-state index is 0.185. The molecule has 1 N–H and O–H groups in total. The Morgan fingerprint density at radius 3 is 2.90 bits per heavy atom. The van der Waals surface area contributed by atoms with Crippen molar-refractivity contribution in [1.82, 2.24) is 10.3 Å². The predicted molar refractivity (Wildman–Crippen MR) is 86.0 cm³/mol. The first kappa shape index (κ1) is 13.7. The molecule has 21 heavy (non-hydrogen) atoms. The largest absolute Gasteiger partial charge is 0.304 e. The molecule has 1 unspecified atom stereocenters. The number of aromatic nitrogens is 1. The van der Waals surface area contributed by atoms with Crippen LogP contribution < -0.4 is 5.32 Å². The number of benzene rings is 2. The standard InChI is InChI=1S/C17H15N3S/c1-12(14-6-4-5-13(9-14)10-18)19-11-17-20-15-7-2-3-8-16(15)21-17/h2-9,12,19H,11H2,1H3. The van der Waals surface area contributed by atoms with Crippen molar-refractivity contribution in [2.75, 3.05) is 0 Å². The Morgan fingerprint density at radius 2 is 2.10 bits per heavy atom. The quantitative estimate of drug-likeness (QED) is 0.790. The van der Waals surface area contributed by atoms with Gasteiger partial charge in [-0.25, -0.2) is 4.98 Å². The summed E-state index contributed by atoms with van der Waals surface area (Å²) in [4.78, 5) is 4.62. The van der Waals surface area contributed by atoms with Gasteiger partial charge in [0.25, 0.3) is 0 Å². The maximum Gasteiger partial charge on any atom is 0.108 e. The van der Waals surface area contributed by atoms with Crippen molar-refractivity contribution in [3.63, 3.8) is 0 Å². The minimum atomic E-state index is 0.185. The van der Waals surface area contributed by atoms with Gasteiger partial charge in [-0.1, -0.05) is 24.3 Å². The van der Waals surface area contributed by atoms with E-state index in [0.29, 0.717) is 5.56 Å². The zero-order valence-electron chi connectivity index (χ0n) is 11.7. The summed E-state index contributed by atoms with van der Waals surface area (Å²) in [5.74, 6) is 0. The van der Waals surface area contributed by atoms with E-state index in [1.807, 2.05) is 42.5 Å². The van der Waals surface area contributed by atoms with E-state index in [1.165, 1.54) is 4.70 Å². The molecule has 0 bridgehead atoms. The zero-order valence-corrected chi connectivity index (χ0v) is 12.5. The number of para-hydroxylation sites is 1. The molecule has 1 atom stereocenters. The molecule has 1 aromatic heterocycles. The van der Waals surface area contributed by atoms with E-state index in [4.69, 9.17) is 5.26 Å².